The van der Waals surface area contributed by atoms with Crippen LogP contribution in [-0.4, -0.2) is 17.6 Å². The van der Waals surface area contributed by atoms with Crippen molar-refractivity contribution in [1.82, 2.24) is 0 Å². The summed E-state index contributed by atoms with van der Waals surface area (Å²) in [7, 11) is 0. The minimum Gasteiger partial charge on any atom is -0.268 e. The quantitative estimate of drug-likeness (QED) is 0.766. The number of carbonyl (C=O) groups is 2. The molecule has 22 heavy (non-hydrogen) atoms. The number of rotatable bonds is 4. The van der Waals surface area contributed by atoms with Gasteiger partial charge in [0.25, 0.3) is 11.8 Å². The summed E-state index contributed by atoms with van der Waals surface area (Å²) in [5, 5.41) is 2.28. The Morgan fingerprint density at radius 3 is 2.55 bits per heavy atom. The lowest BCUT2D eigenvalue weighted by atomic mass is 10.2. The number of nitrogens with zero attached hydrogens (tertiary/aromatic N) is 1. The SMILES string of the molecule is CCSC1=C(c2cccs2)C(=O)N(c2ccccc2Cl)C1=O. The molecule has 1 aromatic heterocycles. The van der Waals surface area contributed by atoms with Gasteiger partial charge in [-0.1, -0.05) is 36.7 Å². The molecule has 6 heteroatoms. The molecule has 2 amide bonds. The highest BCUT2D eigenvalue weighted by molar-refractivity contribution is 8.04. The first-order valence-corrected chi connectivity index (χ1v) is 8.93. The van der Waals surface area contributed by atoms with Gasteiger partial charge in [0.1, 0.15) is 0 Å². The summed E-state index contributed by atoms with van der Waals surface area (Å²) in [6.45, 7) is 1.96. The highest BCUT2D eigenvalue weighted by Gasteiger charge is 2.41. The molecular formula is C16H12ClNO2S2. The maximum atomic E-state index is 12.8. The third-order valence-corrected chi connectivity index (χ3v) is 5.35. The number of thioether (sulfide) groups is 1. The van der Waals surface area contributed by atoms with Gasteiger partial charge in [-0.2, -0.15) is 0 Å². The topological polar surface area (TPSA) is 37.4 Å². The zero-order chi connectivity index (χ0) is 15.7. The summed E-state index contributed by atoms with van der Waals surface area (Å²) in [5.74, 6) is 0.115. The number of hydrogen-bond acceptors (Lipinski definition) is 4. The Morgan fingerprint density at radius 1 is 1.14 bits per heavy atom. The van der Waals surface area contributed by atoms with E-state index in [0.29, 0.717) is 21.2 Å². The Labute approximate surface area is 141 Å². The van der Waals surface area contributed by atoms with E-state index in [1.807, 2.05) is 24.4 Å². The van der Waals surface area contributed by atoms with Gasteiger partial charge in [-0.15, -0.1) is 23.1 Å². The zero-order valence-corrected chi connectivity index (χ0v) is 14.1. The second kappa shape index (κ2) is 6.28. The fourth-order valence-electron chi connectivity index (χ4n) is 2.28. The van der Waals surface area contributed by atoms with E-state index in [-0.39, 0.29) is 11.8 Å². The molecule has 2 aromatic rings. The molecule has 0 fully saturated rings. The van der Waals surface area contributed by atoms with Crippen molar-refractivity contribution in [2.75, 3.05) is 10.7 Å². The molecule has 0 saturated heterocycles. The number of anilines is 1. The predicted octanol–water partition coefficient (Wildman–Crippen LogP) is 4.44. The molecule has 0 aliphatic carbocycles. The minimum absolute atomic E-state index is 0.298. The number of halogens is 1. The van der Waals surface area contributed by atoms with Crippen molar-refractivity contribution in [2.45, 2.75) is 6.92 Å². The molecular weight excluding hydrogens is 338 g/mol. The molecule has 0 saturated carbocycles. The van der Waals surface area contributed by atoms with Crippen LogP contribution in [0.2, 0.25) is 5.02 Å². The Balaban J connectivity index is 2.11. The molecule has 1 aliphatic rings. The van der Waals surface area contributed by atoms with Gasteiger partial charge >= 0.3 is 0 Å². The molecule has 112 valence electrons. The van der Waals surface area contributed by atoms with Crippen molar-refractivity contribution in [2.24, 2.45) is 0 Å². The van der Waals surface area contributed by atoms with E-state index in [4.69, 9.17) is 11.6 Å². The highest BCUT2D eigenvalue weighted by atomic mass is 35.5. The van der Waals surface area contributed by atoms with E-state index in [2.05, 4.69) is 0 Å². The number of hydrogen-bond donors (Lipinski definition) is 0. The Hall–Kier alpha value is -1.56. The van der Waals surface area contributed by atoms with Crippen LogP contribution in [0.25, 0.3) is 5.57 Å². The molecule has 3 nitrogen and oxygen atoms in total. The number of amides is 2. The summed E-state index contributed by atoms with van der Waals surface area (Å²) < 4.78 is 0. The van der Waals surface area contributed by atoms with Crippen LogP contribution in [0.15, 0.2) is 46.7 Å². The average Bonchev–Trinajstić information content (AvgIpc) is 3.09. The molecule has 0 unspecified atom stereocenters. The van der Waals surface area contributed by atoms with Crippen LogP contribution >= 0.6 is 34.7 Å². The third-order valence-electron chi connectivity index (χ3n) is 3.19. The fraction of sp³-hybridized carbons (Fsp3) is 0.125. The smallest absolute Gasteiger partial charge is 0.268 e. The summed E-state index contributed by atoms with van der Waals surface area (Å²) in [5.41, 5.74) is 0.909. The van der Waals surface area contributed by atoms with Crippen LogP contribution in [0.1, 0.15) is 11.8 Å². The largest absolute Gasteiger partial charge is 0.272 e. The maximum Gasteiger partial charge on any atom is 0.272 e. The van der Waals surface area contributed by atoms with Gasteiger partial charge in [-0.3, -0.25) is 9.59 Å². The average molecular weight is 350 g/mol. The van der Waals surface area contributed by atoms with Crippen molar-refractivity contribution in [3.63, 3.8) is 0 Å². The molecule has 1 aliphatic heterocycles. The summed E-state index contributed by atoms with van der Waals surface area (Å²) in [6, 6.07) is 10.6. The lowest BCUT2D eigenvalue weighted by molar-refractivity contribution is -0.119. The molecule has 1 aromatic carbocycles. The van der Waals surface area contributed by atoms with Gasteiger partial charge in [0, 0.05) is 4.88 Å². The van der Waals surface area contributed by atoms with E-state index >= 15 is 0 Å². The molecule has 0 bridgehead atoms. The Kier molecular flexibility index (Phi) is 4.38. The van der Waals surface area contributed by atoms with Gasteiger partial charge in [0.05, 0.1) is 21.2 Å². The van der Waals surface area contributed by atoms with Crippen molar-refractivity contribution >= 4 is 57.8 Å². The number of imide groups is 1. The zero-order valence-electron chi connectivity index (χ0n) is 11.7. The van der Waals surface area contributed by atoms with Crippen LogP contribution in [0.5, 0.6) is 0 Å². The van der Waals surface area contributed by atoms with Crippen molar-refractivity contribution in [3.8, 4) is 0 Å². The van der Waals surface area contributed by atoms with E-state index in [9.17, 15) is 9.59 Å². The number of carbonyl (C=O) groups excluding carboxylic acids is 2. The second-order valence-electron chi connectivity index (χ2n) is 4.51. The minimum atomic E-state index is -0.309. The molecule has 0 radical (unpaired) electrons. The van der Waals surface area contributed by atoms with Crippen LogP contribution < -0.4 is 4.90 Å². The third kappa shape index (κ3) is 2.49. The van der Waals surface area contributed by atoms with E-state index in [1.165, 1.54) is 28.0 Å². The monoisotopic (exact) mass is 349 g/mol. The Morgan fingerprint density at radius 2 is 1.91 bits per heavy atom. The van der Waals surface area contributed by atoms with Gasteiger partial charge in [0.2, 0.25) is 0 Å². The summed E-state index contributed by atoms with van der Waals surface area (Å²) >= 11 is 9.01. The Bertz CT molecular complexity index is 768. The van der Waals surface area contributed by atoms with Gasteiger partial charge in [0.15, 0.2) is 0 Å². The van der Waals surface area contributed by atoms with Crippen LogP contribution in [0.3, 0.4) is 0 Å². The van der Waals surface area contributed by atoms with Gasteiger partial charge in [-0.25, -0.2) is 4.90 Å². The molecule has 0 spiro atoms. The summed E-state index contributed by atoms with van der Waals surface area (Å²) in [4.78, 5) is 28.1. The second-order valence-corrected chi connectivity index (χ2v) is 7.14. The predicted molar refractivity (Wildman–Crippen MR) is 93.3 cm³/mol. The normalized spacial score (nSPS) is 15.1. The molecule has 0 atom stereocenters. The molecule has 0 N–H and O–H groups in total. The standard InChI is InChI=1S/C16H12ClNO2S2/c1-2-21-14-13(12-8-5-9-22-12)15(19)18(16(14)20)11-7-4-3-6-10(11)17/h3-9H,2H2,1H3. The number of thiophene rings is 1. The lowest BCUT2D eigenvalue weighted by Crippen LogP contribution is -2.31. The number of para-hydroxylation sites is 1. The first-order chi connectivity index (χ1) is 10.6. The van der Waals surface area contributed by atoms with Crippen LogP contribution in [0.4, 0.5) is 5.69 Å². The van der Waals surface area contributed by atoms with E-state index in [0.717, 1.165) is 10.6 Å². The first kappa shape index (κ1) is 15.3. The maximum absolute atomic E-state index is 12.8. The van der Waals surface area contributed by atoms with Gasteiger partial charge in [-0.05, 0) is 29.3 Å². The van der Waals surface area contributed by atoms with Crippen LogP contribution in [0, 0.1) is 0 Å². The number of benzene rings is 1. The summed E-state index contributed by atoms with van der Waals surface area (Å²) in [6.07, 6.45) is 0. The fourth-order valence-corrected chi connectivity index (χ4v) is 4.18. The highest BCUT2D eigenvalue weighted by Crippen LogP contribution is 2.41. The van der Waals surface area contributed by atoms with E-state index in [1.54, 1.807) is 24.3 Å². The molecule has 3 rings (SSSR count). The molecule has 2 heterocycles. The van der Waals surface area contributed by atoms with Crippen molar-refractivity contribution in [3.05, 3.63) is 56.6 Å². The van der Waals surface area contributed by atoms with Crippen molar-refractivity contribution < 1.29 is 9.59 Å². The lowest BCUT2D eigenvalue weighted by Gasteiger charge is -2.16. The van der Waals surface area contributed by atoms with Gasteiger partial charge < -0.3 is 0 Å². The first-order valence-electron chi connectivity index (χ1n) is 6.69. The van der Waals surface area contributed by atoms with E-state index < -0.39 is 0 Å². The van der Waals surface area contributed by atoms with Crippen molar-refractivity contribution in [1.29, 1.82) is 0 Å². The van der Waals surface area contributed by atoms with Crippen LogP contribution in [-0.2, 0) is 9.59 Å².